The van der Waals surface area contributed by atoms with Gasteiger partial charge in [0.1, 0.15) is 19.3 Å². The second kappa shape index (κ2) is 74.9. The van der Waals surface area contributed by atoms with Crippen LogP contribution in [0, 0.1) is 5.92 Å². The molecule has 17 nitrogen and oxygen atoms in total. The fourth-order valence-electron chi connectivity index (χ4n) is 12.8. The molecule has 0 saturated carbocycles. The summed E-state index contributed by atoms with van der Waals surface area (Å²) >= 11 is 0. The molecule has 0 aromatic carbocycles. The highest BCUT2D eigenvalue weighted by molar-refractivity contribution is 7.47. The van der Waals surface area contributed by atoms with Gasteiger partial charge in [0.2, 0.25) is 0 Å². The number of phosphoric ester groups is 2. The van der Waals surface area contributed by atoms with E-state index in [9.17, 15) is 43.2 Å². The van der Waals surface area contributed by atoms with E-state index in [1.54, 1.807) is 0 Å². The van der Waals surface area contributed by atoms with Crippen LogP contribution in [0.1, 0.15) is 439 Å². The molecule has 19 heteroatoms. The van der Waals surface area contributed by atoms with E-state index in [1.807, 2.05) is 0 Å². The van der Waals surface area contributed by atoms with Crippen molar-refractivity contribution in [2.75, 3.05) is 39.6 Å². The van der Waals surface area contributed by atoms with Crippen molar-refractivity contribution in [2.45, 2.75) is 457 Å². The van der Waals surface area contributed by atoms with E-state index in [4.69, 9.17) is 37.0 Å². The van der Waals surface area contributed by atoms with Crippen LogP contribution in [-0.2, 0) is 65.4 Å². The summed E-state index contributed by atoms with van der Waals surface area (Å²) in [5.74, 6) is -1.31. The number of aliphatic hydroxyl groups excluding tert-OH is 1. The van der Waals surface area contributed by atoms with Gasteiger partial charge in [0.15, 0.2) is 12.2 Å². The smallest absolute Gasteiger partial charge is 0.462 e. The first-order valence-corrected chi connectivity index (χ1v) is 45.6. The van der Waals surface area contributed by atoms with E-state index in [0.29, 0.717) is 25.7 Å². The van der Waals surface area contributed by atoms with Gasteiger partial charge in [0.05, 0.1) is 26.4 Å². The van der Waals surface area contributed by atoms with Crippen LogP contribution in [0.15, 0.2) is 0 Å². The van der Waals surface area contributed by atoms with Crippen LogP contribution in [0.4, 0.5) is 0 Å². The van der Waals surface area contributed by atoms with Crippen molar-refractivity contribution in [3.05, 3.63) is 0 Å². The summed E-state index contributed by atoms with van der Waals surface area (Å²) in [6, 6.07) is 0. The average molecular weight is 1480 g/mol. The highest BCUT2D eigenvalue weighted by Crippen LogP contribution is 2.45. The lowest BCUT2D eigenvalue weighted by Gasteiger charge is -2.21. The van der Waals surface area contributed by atoms with Crippen molar-refractivity contribution < 1.29 is 80.2 Å². The minimum absolute atomic E-state index is 0.109. The Kier molecular flexibility index (Phi) is 73.5. The predicted molar refractivity (Wildman–Crippen MR) is 414 cm³/mol. The second-order valence-electron chi connectivity index (χ2n) is 30.0. The van der Waals surface area contributed by atoms with Crippen LogP contribution in [-0.4, -0.2) is 96.7 Å². The quantitative estimate of drug-likeness (QED) is 0.0222. The lowest BCUT2D eigenvalue weighted by molar-refractivity contribution is -0.161. The molecule has 0 fully saturated rings. The maximum Gasteiger partial charge on any atom is 0.472 e. The van der Waals surface area contributed by atoms with Crippen molar-refractivity contribution in [2.24, 2.45) is 5.92 Å². The van der Waals surface area contributed by atoms with Crippen LogP contribution >= 0.6 is 15.6 Å². The molecule has 0 aliphatic carbocycles. The molecule has 3 N–H and O–H groups in total. The fraction of sp³-hybridized carbons (Fsp3) is 0.951. The zero-order valence-corrected chi connectivity index (χ0v) is 67.8. The first-order valence-electron chi connectivity index (χ1n) is 42.6. The molecule has 0 saturated heterocycles. The molecule has 0 bridgehead atoms. The molecule has 0 amide bonds. The van der Waals surface area contributed by atoms with Crippen LogP contribution in [0.3, 0.4) is 0 Å². The number of ether oxygens (including phenoxy) is 4. The summed E-state index contributed by atoms with van der Waals surface area (Å²) < 4.78 is 68.8. The van der Waals surface area contributed by atoms with Gasteiger partial charge in [-0.25, -0.2) is 9.13 Å². The zero-order chi connectivity index (χ0) is 74.1. The Balaban J connectivity index is 5.23. The van der Waals surface area contributed by atoms with Crippen molar-refractivity contribution in [3.8, 4) is 0 Å². The molecule has 2 unspecified atom stereocenters. The number of carbonyl (C=O) groups excluding carboxylic acids is 4. The maximum absolute atomic E-state index is 13.1. The van der Waals surface area contributed by atoms with Gasteiger partial charge in [0.25, 0.3) is 0 Å². The number of hydrogen-bond donors (Lipinski definition) is 3. The highest BCUT2D eigenvalue weighted by atomic mass is 31.2. The predicted octanol–water partition coefficient (Wildman–Crippen LogP) is 24.8. The molecule has 101 heavy (non-hydrogen) atoms. The van der Waals surface area contributed by atoms with E-state index in [2.05, 4.69) is 34.6 Å². The molecule has 0 aliphatic heterocycles. The third kappa shape index (κ3) is 76.1. The third-order valence-corrected chi connectivity index (χ3v) is 21.2. The monoisotopic (exact) mass is 1480 g/mol. The number of aliphatic hydroxyl groups is 1. The Morgan fingerprint density at radius 2 is 0.455 bits per heavy atom. The molecule has 0 aromatic heterocycles. The number of carbonyl (C=O) groups is 4. The normalized spacial score (nSPS) is 13.8. The van der Waals surface area contributed by atoms with Crippen molar-refractivity contribution in [1.29, 1.82) is 0 Å². The van der Waals surface area contributed by atoms with Crippen molar-refractivity contribution >= 4 is 39.5 Å². The van der Waals surface area contributed by atoms with Gasteiger partial charge in [-0.2, -0.15) is 0 Å². The van der Waals surface area contributed by atoms with E-state index < -0.39 is 97.5 Å². The molecule has 0 aliphatic rings. The van der Waals surface area contributed by atoms with E-state index >= 15 is 0 Å². The summed E-state index contributed by atoms with van der Waals surface area (Å²) in [5.41, 5.74) is 0. The van der Waals surface area contributed by atoms with Gasteiger partial charge in [-0.15, -0.1) is 0 Å². The Hall–Kier alpha value is -1.94. The van der Waals surface area contributed by atoms with E-state index in [-0.39, 0.29) is 25.7 Å². The average Bonchev–Trinajstić information content (AvgIpc) is 0.922. The van der Waals surface area contributed by atoms with Crippen molar-refractivity contribution in [1.82, 2.24) is 0 Å². The Morgan fingerprint density at radius 1 is 0.267 bits per heavy atom. The molecule has 5 atom stereocenters. The van der Waals surface area contributed by atoms with Gasteiger partial charge in [-0.3, -0.25) is 37.3 Å². The minimum atomic E-state index is -4.96. The third-order valence-electron chi connectivity index (χ3n) is 19.3. The number of esters is 4. The summed E-state index contributed by atoms with van der Waals surface area (Å²) in [4.78, 5) is 73.1. The number of unbranched alkanes of at least 4 members (excludes halogenated alkanes) is 54. The lowest BCUT2D eigenvalue weighted by Crippen LogP contribution is -2.30. The first-order chi connectivity index (χ1) is 49.0. The first kappa shape index (κ1) is 99.1. The number of hydrogen-bond acceptors (Lipinski definition) is 15. The molecule has 0 spiro atoms. The van der Waals surface area contributed by atoms with Crippen LogP contribution in [0.25, 0.3) is 0 Å². The fourth-order valence-corrected chi connectivity index (χ4v) is 14.3. The van der Waals surface area contributed by atoms with Gasteiger partial charge in [-0.05, 0) is 31.6 Å². The van der Waals surface area contributed by atoms with Crippen LogP contribution in [0.2, 0.25) is 0 Å². The molecular formula is C82H160O17P2. The molecule has 0 radical (unpaired) electrons. The summed E-state index contributed by atoms with van der Waals surface area (Å²) in [5, 5.41) is 10.6. The molecule has 0 rings (SSSR count). The Morgan fingerprint density at radius 3 is 0.673 bits per heavy atom. The SMILES string of the molecule is CCCCCCCCCCCCCCCCCCCCCC(=O)O[C@H](COC(=O)CCCCCCCCCCCCCCCC(C)C)COP(=O)(O)OC[C@@H](O)COP(=O)(O)OC[C@@H](COC(=O)CCCCCCCCCCCC)OC(=O)CCCCCCCCCCCCCCCCCC. The summed E-state index contributed by atoms with van der Waals surface area (Å²) in [6.45, 7) is 7.36. The maximum atomic E-state index is 13.1. The largest absolute Gasteiger partial charge is 0.472 e. The Labute approximate surface area is 619 Å². The topological polar surface area (TPSA) is 237 Å². The van der Waals surface area contributed by atoms with Gasteiger partial charge >= 0.3 is 39.5 Å². The lowest BCUT2D eigenvalue weighted by atomic mass is 10.0. The van der Waals surface area contributed by atoms with Gasteiger partial charge in [-0.1, -0.05) is 388 Å². The van der Waals surface area contributed by atoms with E-state index in [1.165, 1.54) is 263 Å². The van der Waals surface area contributed by atoms with Crippen LogP contribution in [0.5, 0.6) is 0 Å². The highest BCUT2D eigenvalue weighted by Gasteiger charge is 2.30. The van der Waals surface area contributed by atoms with Crippen molar-refractivity contribution in [3.63, 3.8) is 0 Å². The molecular weight excluding hydrogens is 1320 g/mol. The number of phosphoric acid groups is 2. The van der Waals surface area contributed by atoms with Crippen LogP contribution < -0.4 is 0 Å². The van der Waals surface area contributed by atoms with Gasteiger partial charge in [0, 0.05) is 25.7 Å². The summed E-state index contributed by atoms with van der Waals surface area (Å²) in [6.07, 6.45) is 66.5. The zero-order valence-electron chi connectivity index (χ0n) is 66.1. The Bertz CT molecular complexity index is 1930. The van der Waals surface area contributed by atoms with E-state index in [0.717, 1.165) is 95.8 Å². The molecule has 0 aromatic rings. The molecule has 600 valence electrons. The van der Waals surface area contributed by atoms with Gasteiger partial charge < -0.3 is 33.8 Å². The second-order valence-corrected chi connectivity index (χ2v) is 32.9. The summed E-state index contributed by atoms with van der Waals surface area (Å²) in [7, 11) is -9.92. The minimum Gasteiger partial charge on any atom is -0.462 e. The molecule has 0 heterocycles. The number of rotatable bonds is 82. The standard InChI is InChI=1S/C82H160O17P2/c1-6-9-12-15-18-21-24-26-28-30-31-32-34-38-43-48-53-58-63-68-82(87)99-78(72-93-80(85)66-61-56-51-46-41-39-35-36-40-44-49-54-59-64-75(4)5)74-97-101(90,91)95-70-76(83)69-94-100(88,89)96-73-77(71-92-79(84)65-60-55-50-45-23-20-17-14-11-8-3)98-81(86)67-62-57-52-47-42-37-33-29-27-25-22-19-16-13-10-7-2/h75-78,83H,6-74H2,1-5H3,(H,88,89)(H,90,91)/t76-,77+,78+/m0/s1.